The van der Waals surface area contributed by atoms with Gasteiger partial charge in [-0.05, 0) is 37.8 Å². The molecule has 2 aromatic heterocycles. The summed E-state index contributed by atoms with van der Waals surface area (Å²) in [7, 11) is -2.79. The van der Waals surface area contributed by atoms with Crippen molar-refractivity contribution in [1.82, 2.24) is 19.4 Å². The van der Waals surface area contributed by atoms with Crippen LogP contribution in [0.1, 0.15) is 31.7 Å². The minimum atomic E-state index is -2.79. The number of benzene rings is 1. The fraction of sp³-hybridized carbons (Fsp3) is 0.476. The first-order chi connectivity index (χ1) is 13.6. The molecule has 2 saturated heterocycles. The third-order valence-electron chi connectivity index (χ3n) is 6.44. The third-order valence-corrected chi connectivity index (χ3v) is 8.15. The molecule has 0 saturated carbocycles. The van der Waals surface area contributed by atoms with Crippen molar-refractivity contribution in [3.8, 4) is 11.4 Å². The fourth-order valence-electron chi connectivity index (χ4n) is 4.87. The van der Waals surface area contributed by atoms with Crippen LogP contribution in [0.5, 0.6) is 0 Å². The van der Waals surface area contributed by atoms with E-state index in [0.29, 0.717) is 23.6 Å². The van der Waals surface area contributed by atoms with Crippen molar-refractivity contribution >= 4 is 20.7 Å². The molecule has 5 rings (SSSR count). The smallest absolute Gasteiger partial charge is 0.150 e. The number of aromatic amines is 1. The SMILES string of the molecule is O=S1(=O)CCC(N2CCC(n3ccnc3-c3cccc4[nH]ccc34)CC2)CC1. The van der Waals surface area contributed by atoms with Gasteiger partial charge in [0.15, 0.2) is 0 Å². The van der Waals surface area contributed by atoms with Gasteiger partial charge < -0.3 is 14.5 Å². The summed E-state index contributed by atoms with van der Waals surface area (Å²) in [6.45, 7) is 2.06. The van der Waals surface area contributed by atoms with Crippen LogP contribution in [0.4, 0.5) is 0 Å². The Morgan fingerprint density at radius 2 is 1.79 bits per heavy atom. The second-order valence-electron chi connectivity index (χ2n) is 8.05. The molecular weight excluding hydrogens is 372 g/mol. The summed E-state index contributed by atoms with van der Waals surface area (Å²) in [4.78, 5) is 10.5. The number of piperidine rings is 1. The molecule has 0 unspecified atom stereocenters. The molecular formula is C21H26N4O2S. The van der Waals surface area contributed by atoms with E-state index in [1.54, 1.807) is 0 Å². The Bertz CT molecular complexity index is 1060. The second-order valence-corrected chi connectivity index (χ2v) is 10.4. The molecule has 0 radical (unpaired) electrons. The van der Waals surface area contributed by atoms with Gasteiger partial charge >= 0.3 is 0 Å². The number of sulfone groups is 1. The molecule has 7 heteroatoms. The van der Waals surface area contributed by atoms with Gasteiger partial charge in [0.1, 0.15) is 15.7 Å². The summed E-state index contributed by atoms with van der Waals surface area (Å²) >= 11 is 0. The highest BCUT2D eigenvalue weighted by Crippen LogP contribution is 2.33. The molecule has 2 aliphatic rings. The number of hydrogen-bond donors (Lipinski definition) is 1. The lowest BCUT2D eigenvalue weighted by atomic mass is 10.00. The highest BCUT2D eigenvalue weighted by Gasteiger charge is 2.31. The molecule has 28 heavy (non-hydrogen) atoms. The molecule has 1 aromatic carbocycles. The predicted octanol–water partition coefficient (Wildman–Crippen LogP) is 3.25. The predicted molar refractivity (Wildman–Crippen MR) is 111 cm³/mol. The average molecular weight is 399 g/mol. The molecule has 3 aromatic rings. The lowest BCUT2D eigenvalue weighted by molar-refractivity contribution is 0.127. The molecule has 6 nitrogen and oxygen atoms in total. The van der Waals surface area contributed by atoms with Gasteiger partial charge in [0, 0.05) is 60.2 Å². The molecule has 0 atom stereocenters. The number of hydrogen-bond acceptors (Lipinski definition) is 4. The molecule has 2 fully saturated rings. The van der Waals surface area contributed by atoms with Gasteiger partial charge in [-0.1, -0.05) is 12.1 Å². The van der Waals surface area contributed by atoms with E-state index in [1.165, 1.54) is 10.9 Å². The van der Waals surface area contributed by atoms with E-state index in [0.717, 1.165) is 50.1 Å². The Morgan fingerprint density at radius 3 is 2.57 bits per heavy atom. The van der Waals surface area contributed by atoms with Crippen LogP contribution in [0.15, 0.2) is 42.9 Å². The highest BCUT2D eigenvalue weighted by molar-refractivity contribution is 7.91. The Labute approximate surface area is 165 Å². The van der Waals surface area contributed by atoms with Crippen LogP contribution in [0.25, 0.3) is 22.3 Å². The summed E-state index contributed by atoms with van der Waals surface area (Å²) in [5.41, 5.74) is 2.30. The van der Waals surface area contributed by atoms with Crippen molar-refractivity contribution in [2.24, 2.45) is 0 Å². The maximum atomic E-state index is 11.7. The van der Waals surface area contributed by atoms with Gasteiger partial charge in [0.2, 0.25) is 0 Å². The van der Waals surface area contributed by atoms with Crippen molar-refractivity contribution in [1.29, 1.82) is 0 Å². The van der Waals surface area contributed by atoms with Crippen LogP contribution < -0.4 is 0 Å². The Morgan fingerprint density at radius 1 is 1.00 bits per heavy atom. The van der Waals surface area contributed by atoms with Crippen molar-refractivity contribution in [2.45, 2.75) is 37.8 Å². The molecule has 0 aliphatic carbocycles. The molecule has 4 heterocycles. The van der Waals surface area contributed by atoms with E-state index in [9.17, 15) is 8.42 Å². The number of H-pyrrole nitrogens is 1. The Kier molecular flexibility index (Phi) is 4.51. The van der Waals surface area contributed by atoms with Crippen LogP contribution in [-0.2, 0) is 9.84 Å². The molecule has 2 aliphatic heterocycles. The van der Waals surface area contributed by atoms with Gasteiger partial charge in [0.25, 0.3) is 0 Å². The van der Waals surface area contributed by atoms with E-state index in [1.807, 2.05) is 12.4 Å². The van der Waals surface area contributed by atoms with Gasteiger partial charge in [0.05, 0.1) is 11.5 Å². The molecule has 148 valence electrons. The number of rotatable bonds is 3. The average Bonchev–Trinajstić information content (AvgIpc) is 3.37. The third kappa shape index (κ3) is 3.26. The Hall–Kier alpha value is -2.12. The van der Waals surface area contributed by atoms with Gasteiger partial charge in [-0.3, -0.25) is 0 Å². The lowest BCUT2D eigenvalue weighted by Crippen LogP contribution is -2.45. The normalized spacial score (nSPS) is 22.0. The summed E-state index contributed by atoms with van der Waals surface area (Å²) < 4.78 is 25.7. The summed E-state index contributed by atoms with van der Waals surface area (Å²) in [6, 6.07) is 9.30. The first-order valence-electron chi connectivity index (χ1n) is 10.1. The van der Waals surface area contributed by atoms with E-state index >= 15 is 0 Å². The monoisotopic (exact) mass is 398 g/mol. The summed E-state index contributed by atoms with van der Waals surface area (Å²) in [6.07, 6.45) is 9.72. The van der Waals surface area contributed by atoms with Crippen LogP contribution in [0.3, 0.4) is 0 Å². The van der Waals surface area contributed by atoms with Gasteiger partial charge in [-0.25, -0.2) is 13.4 Å². The molecule has 0 bridgehead atoms. The maximum absolute atomic E-state index is 11.7. The minimum absolute atomic E-state index is 0.351. The maximum Gasteiger partial charge on any atom is 0.150 e. The van der Waals surface area contributed by atoms with Crippen molar-refractivity contribution in [3.05, 3.63) is 42.9 Å². The fourth-order valence-corrected chi connectivity index (χ4v) is 6.34. The zero-order chi connectivity index (χ0) is 19.1. The van der Waals surface area contributed by atoms with Crippen LogP contribution in [-0.4, -0.2) is 58.5 Å². The van der Waals surface area contributed by atoms with E-state index in [-0.39, 0.29) is 0 Å². The number of imidazole rings is 1. The summed E-state index contributed by atoms with van der Waals surface area (Å²) in [5, 5.41) is 1.20. The van der Waals surface area contributed by atoms with Crippen molar-refractivity contribution in [2.75, 3.05) is 24.6 Å². The minimum Gasteiger partial charge on any atom is -0.361 e. The number of likely N-dealkylation sites (tertiary alicyclic amines) is 1. The topological polar surface area (TPSA) is 71.0 Å². The second kappa shape index (κ2) is 7.04. The zero-order valence-electron chi connectivity index (χ0n) is 15.9. The molecule has 0 amide bonds. The zero-order valence-corrected chi connectivity index (χ0v) is 16.7. The summed E-state index contributed by atoms with van der Waals surface area (Å²) in [5.74, 6) is 1.74. The first-order valence-corrected chi connectivity index (χ1v) is 12.0. The standard InChI is InChI=1S/C21H26N4O2S/c26-28(27)14-7-16(8-15-28)24-11-5-17(6-12-24)25-13-10-23-21(25)19-2-1-3-20-18(19)4-9-22-20/h1-4,9-10,13,16-17,22H,5-8,11-12,14-15H2. The molecule has 1 N–H and O–H groups in total. The van der Waals surface area contributed by atoms with Crippen molar-refractivity contribution < 1.29 is 8.42 Å². The van der Waals surface area contributed by atoms with Crippen molar-refractivity contribution in [3.63, 3.8) is 0 Å². The first kappa shape index (κ1) is 17.9. The van der Waals surface area contributed by atoms with Crippen LogP contribution in [0.2, 0.25) is 0 Å². The number of nitrogens with zero attached hydrogens (tertiary/aromatic N) is 3. The Balaban J connectivity index is 1.32. The van der Waals surface area contributed by atoms with Crippen LogP contribution >= 0.6 is 0 Å². The van der Waals surface area contributed by atoms with Gasteiger partial charge in [-0.2, -0.15) is 0 Å². The van der Waals surface area contributed by atoms with E-state index in [2.05, 4.69) is 49.9 Å². The van der Waals surface area contributed by atoms with E-state index < -0.39 is 9.84 Å². The van der Waals surface area contributed by atoms with E-state index in [4.69, 9.17) is 0 Å². The van der Waals surface area contributed by atoms with Gasteiger partial charge in [-0.15, -0.1) is 0 Å². The van der Waals surface area contributed by atoms with Crippen LogP contribution in [0, 0.1) is 0 Å². The lowest BCUT2D eigenvalue weighted by Gasteiger charge is -2.39. The number of fused-ring (bicyclic) bond motifs is 1. The number of aromatic nitrogens is 3. The molecule has 0 spiro atoms. The highest BCUT2D eigenvalue weighted by atomic mass is 32.2. The quantitative estimate of drug-likeness (QED) is 0.735. The largest absolute Gasteiger partial charge is 0.361 e. The number of nitrogens with one attached hydrogen (secondary N) is 1.